The number of nitrogens with one attached hydrogen (secondary N) is 2. The molecule has 1 aliphatic heterocycles. The van der Waals surface area contributed by atoms with Crippen LogP contribution in [0.15, 0.2) is 12.1 Å². The van der Waals surface area contributed by atoms with Gasteiger partial charge in [0, 0.05) is 30.4 Å². The highest BCUT2D eigenvalue weighted by molar-refractivity contribution is 5.95. The molecule has 1 aliphatic rings. The molecule has 1 aromatic rings. The van der Waals surface area contributed by atoms with E-state index in [1.165, 1.54) is 0 Å². The summed E-state index contributed by atoms with van der Waals surface area (Å²) >= 11 is 0. The summed E-state index contributed by atoms with van der Waals surface area (Å²) in [5, 5.41) is 6.38. The van der Waals surface area contributed by atoms with Crippen molar-refractivity contribution >= 4 is 11.7 Å². The number of aryl methyl sites for hydroxylation is 1. The van der Waals surface area contributed by atoms with Crippen molar-refractivity contribution in [2.45, 2.75) is 39.2 Å². The zero-order valence-corrected chi connectivity index (χ0v) is 13.3. The van der Waals surface area contributed by atoms with Crippen LogP contribution < -0.4 is 10.6 Å². The molecule has 1 amide bonds. The topological polar surface area (TPSA) is 57.3 Å². The van der Waals surface area contributed by atoms with Gasteiger partial charge in [0.1, 0.15) is 5.82 Å². The quantitative estimate of drug-likeness (QED) is 0.871. The third-order valence-corrected chi connectivity index (χ3v) is 3.73. The van der Waals surface area contributed by atoms with Gasteiger partial charge in [0.2, 0.25) is 0 Å². The van der Waals surface area contributed by atoms with Crippen LogP contribution in [0.1, 0.15) is 42.2 Å². The summed E-state index contributed by atoms with van der Waals surface area (Å²) in [5.74, 6) is 0.781. The van der Waals surface area contributed by atoms with Crippen molar-refractivity contribution in [2.24, 2.45) is 0 Å². The Labute approximate surface area is 127 Å². The molecule has 2 rings (SSSR count). The number of rotatable bonds is 5. The molecule has 0 aromatic carbocycles. The van der Waals surface area contributed by atoms with E-state index in [0.717, 1.165) is 50.4 Å². The molecule has 1 fully saturated rings. The number of nitrogens with zero attached hydrogens (tertiary/aromatic N) is 2. The van der Waals surface area contributed by atoms with Gasteiger partial charge in [-0.25, -0.2) is 4.98 Å². The number of likely N-dealkylation sites (N-methyl/N-ethyl adjacent to an activating group) is 1. The normalized spacial score (nSPS) is 19.3. The van der Waals surface area contributed by atoms with Gasteiger partial charge in [0.05, 0.1) is 0 Å². The highest BCUT2D eigenvalue weighted by Crippen LogP contribution is 2.13. The molecular formula is C16H26N4O. The maximum atomic E-state index is 12.4. The molecule has 1 atom stereocenters. The summed E-state index contributed by atoms with van der Waals surface area (Å²) in [5.41, 5.74) is 1.55. The Morgan fingerprint density at radius 2 is 2.29 bits per heavy atom. The first-order valence-corrected chi connectivity index (χ1v) is 7.80. The summed E-state index contributed by atoms with van der Waals surface area (Å²) in [6.07, 6.45) is 3.23. The number of piperidine rings is 1. The summed E-state index contributed by atoms with van der Waals surface area (Å²) < 4.78 is 0. The highest BCUT2D eigenvalue weighted by Gasteiger charge is 2.20. The maximum absolute atomic E-state index is 12.4. The van der Waals surface area contributed by atoms with Gasteiger partial charge < -0.3 is 15.5 Å². The lowest BCUT2D eigenvalue weighted by molar-refractivity contribution is 0.0912. The molecule has 5 heteroatoms. The minimum Gasteiger partial charge on any atom is -0.370 e. The average Bonchev–Trinajstić information content (AvgIpc) is 2.44. The molecule has 0 aliphatic carbocycles. The van der Waals surface area contributed by atoms with Crippen molar-refractivity contribution < 1.29 is 4.79 Å². The van der Waals surface area contributed by atoms with Crippen molar-refractivity contribution in [3.63, 3.8) is 0 Å². The minimum absolute atomic E-state index is 0.000323. The second-order valence-electron chi connectivity index (χ2n) is 5.88. The van der Waals surface area contributed by atoms with Crippen LogP contribution in [0.5, 0.6) is 0 Å². The van der Waals surface area contributed by atoms with Gasteiger partial charge in [0.15, 0.2) is 0 Å². The predicted octanol–water partition coefficient (Wildman–Crippen LogP) is 2.04. The van der Waals surface area contributed by atoms with Gasteiger partial charge in [-0.3, -0.25) is 4.79 Å². The number of likely N-dealkylation sites (tertiary alicyclic amines) is 1. The fourth-order valence-corrected chi connectivity index (χ4v) is 2.70. The molecule has 1 saturated heterocycles. The van der Waals surface area contributed by atoms with Crippen LogP contribution in [0.25, 0.3) is 0 Å². The van der Waals surface area contributed by atoms with Crippen molar-refractivity contribution in [3.8, 4) is 0 Å². The summed E-state index contributed by atoms with van der Waals surface area (Å²) in [6.45, 7) is 6.94. The SMILES string of the molecule is CCCNc1cc(C(=O)NC2CCCN(C)C2)cc(C)n1. The molecule has 0 radical (unpaired) electrons. The van der Waals surface area contributed by atoms with Gasteiger partial charge in [-0.05, 0) is 51.9 Å². The average molecular weight is 290 g/mol. The molecule has 0 spiro atoms. The molecule has 116 valence electrons. The Kier molecular flexibility index (Phi) is 5.56. The Hall–Kier alpha value is -1.62. The van der Waals surface area contributed by atoms with Crippen molar-refractivity contribution in [1.29, 1.82) is 0 Å². The van der Waals surface area contributed by atoms with Gasteiger partial charge in [-0.15, -0.1) is 0 Å². The minimum atomic E-state index is 0.000323. The lowest BCUT2D eigenvalue weighted by Crippen LogP contribution is -2.46. The first-order chi connectivity index (χ1) is 10.1. The fourth-order valence-electron chi connectivity index (χ4n) is 2.70. The van der Waals surface area contributed by atoms with E-state index in [9.17, 15) is 4.79 Å². The van der Waals surface area contributed by atoms with Crippen LogP contribution in [-0.2, 0) is 0 Å². The smallest absolute Gasteiger partial charge is 0.251 e. The molecule has 2 N–H and O–H groups in total. The van der Waals surface area contributed by atoms with Gasteiger partial charge >= 0.3 is 0 Å². The van der Waals surface area contributed by atoms with Gasteiger partial charge in [-0.1, -0.05) is 6.92 Å². The molecule has 0 bridgehead atoms. The van der Waals surface area contributed by atoms with E-state index >= 15 is 0 Å². The molecule has 5 nitrogen and oxygen atoms in total. The predicted molar refractivity (Wildman–Crippen MR) is 85.7 cm³/mol. The zero-order valence-electron chi connectivity index (χ0n) is 13.3. The van der Waals surface area contributed by atoms with Crippen LogP contribution >= 0.6 is 0 Å². The Morgan fingerprint density at radius 3 is 3.00 bits per heavy atom. The van der Waals surface area contributed by atoms with E-state index in [0.29, 0.717) is 5.56 Å². The van der Waals surface area contributed by atoms with Crippen LogP contribution in [0.4, 0.5) is 5.82 Å². The van der Waals surface area contributed by atoms with Crippen LogP contribution in [0.2, 0.25) is 0 Å². The maximum Gasteiger partial charge on any atom is 0.251 e. The molecule has 21 heavy (non-hydrogen) atoms. The Balaban J connectivity index is 2.02. The largest absolute Gasteiger partial charge is 0.370 e. The van der Waals surface area contributed by atoms with E-state index in [2.05, 4.69) is 34.5 Å². The third-order valence-electron chi connectivity index (χ3n) is 3.73. The molecule has 1 aromatic heterocycles. The number of anilines is 1. The zero-order chi connectivity index (χ0) is 15.2. The molecule has 1 unspecified atom stereocenters. The monoisotopic (exact) mass is 290 g/mol. The number of hydrogen-bond acceptors (Lipinski definition) is 4. The van der Waals surface area contributed by atoms with Crippen LogP contribution in [0.3, 0.4) is 0 Å². The van der Waals surface area contributed by atoms with E-state index in [1.54, 1.807) is 0 Å². The van der Waals surface area contributed by atoms with Gasteiger partial charge in [-0.2, -0.15) is 0 Å². The highest BCUT2D eigenvalue weighted by atomic mass is 16.1. The van der Waals surface area contributed by atoms with Crippen molar-refractivity contribution in [3.05, 3.63) is 23.4 Å². The summed E-state index contributed by atoms with van der Waals surface area (Å²) in [6, 6.07) is 3.93. The molecular weight excluding hydrogens is 264 g/mol. The van der Waals surface area contributed by atoms with Crippen molar-refractivity contribution in [2.75, 3.05) is 32.0 Å². The lowest BCUT2D eigenvalue weighted by Gasteiger charge is -2.30. The lowest BCUT2D eigenvalue weighted by atomic mass is 10.1. The first-order valence-electron chi connectivity index (χ1n) is 7.80. The molecule has 0 saturated carbocycles. The Bertz CT molecular complexity index is 489. The second kappa shape index (κ2) is 7.41. The number of amides is 1. The second-order valence-corrected chi connectivity index (χ2v) is 5.88. The van der Waals surface area contributed by atoms with Gasteiger partial charge in [0.25, 0.3) is 5.91 Å². The van der Waals surface area contributed by atoms with Crippen molar-refractivity contribution in [1.82, 2.24) is 15.2 Å². The molecule has 2 heterocycles. The van der Waals surface area contributed by atoms with Crippen LogP contribution in [-0.4, -0.2) is 48.5 Å². The van der Waals surface area contributed by atoms with E-state index in [-0.39, 0.29) is 11.9 Å². The first kappa shape index (κ1) is 15.8. The fraction of sp³-hybridized carbons (Fsp3) is 0.625. The van der Waals surface area contributed by atoms with E-state index in [1.807, 2.05) is 19.1 Å². The number of carbonyl (C=O) groups excluding carboxylic acids is 1. The van der Waals surface area contributed by atoms with Crippen LogP contribution in [0, 0.1) is 6.92 Å². The number of aromatic nitrogens is 1. The number of carbonyl (C=O) groups is 1. The summed E-state index contributed by atoms with van der Waals surface area (Å²) in [7, 11) is 2.10. The van der Waals surface area contributed by atoms with E-state index < -0.39 is 0 Å². The Morgan fingerprint density at radius 1 is 1.48 bits per heavy atom. The number of hydrogen-bond donors (Lipinski definition) is 2. The summed E-state index contributed by atoms with van der Waals surface area (Å²) in [4.78, 5) is 19.1. The standard InChI is InChI=1S/C16H26N4O/c1-4-7-17-15-10-13(9-12(2)18-15)16(21)19-14-6-5-8-20(3)11-14/h9-10,14H,4-8,11H2,1-3H3,(H,17,18)(H,19,21). The third kappa shape index (κ3) is 4.70. The number of pyridine rings is 1. The van der Waals surface area contributed by atoms with E-state index in [4.69, 9.17) is 0 Å².